The van der Waals surface area contributed by atoms with Crippen LogP contribution in [0, 0.1) is 5.92 Å². The lowest BCUT2D eigenvalue weighted by Crippen LogP contribution is -2.20. The molecule has 92 valence electrons. The minimum absolute atomic E-state index is 0.183. The van der Waals surface area contributed by atoms with Crippen molar-refractivity contribution in [2.75, 3.05) is 0 Å². The Kier molecular flexibility index (Phi) is 3.61. The number of rotatable bonds is 3. The Morgan fingerprint density at radius 1 is 1.29 bits per heavy atom. The maximum absolute atomic E-state index is 11.5. The van der Waals surface area contributed by atoms with Crippen LogP contribution >= 0.6 is 0 Å². The standard InChI is InChI=1S/C13H17NO3/c15-12-11(13(16)17)7-6-10(14-12)8-9-4-2-1-3-5-9/h6-7,9H,1-5,8H2,(H,14,15)(H,16,17). The summed E-state index contributed by atoms with van der Waals surface area (Å²) in [6.07, 6.45) is 7.12. The van der Waals surface area contributed by atoms with Gasteiger partial charge >= 0.3 is 5.97 Å². The molecule has 1 aromatic heterocycles. The monoisotopic (exact) mass is 235 g/mol. The molecule has 2 N–H and O–H groups in total. The molecule has 1 fully saturated rings. The van der Waals surface area contributed by atoms with Gasteiger partial charge in [0.05, 0.1) is 0 Å². The molecule has 0 bridgehead atoms. The van der Waals surface area contributed by atoms with Gasteiger partial charge in [-0.25, -0.2) is 4.79 Å². The summed E-state index contributed by atoms with van der Waals surface area (Å²) in [6.45, 7) is 0. The highest BCUT2D eigenvalue weighted by molar-refractivity contribution is 5.86. The van der Waals surface area contributed by atoms with Crippen LogP contribution in [0.2, 0.25) is 0 Å². The number of aromatic nitrogens is 1. The molecule has 0 aliphatic heterocycles. The molecule has 0 radical (unpaired) electrons. The van der Waals surface area contributed by atoms with Crippen LogP contribution in [0.1, 0.15) is 48.2 Å². The first-order valence-electron chi connectivity index (χ1n) is 6.12. The smallest absolute Gasteiger partial charge is 0.341 e. The summed E-state index contributed by atoms with van der Waals surface area (Å²) in [4.78, 5) is 24.9. The first-order chi connectivity index (χ1) is 8.16. The van der Waals surface area contributed by atoms with Crippen molar-refractivity contribution < 1.29 is 9.90 Å². The summed E-state index contributed by atoms with van der Waals surface area (Å²) in [5, 5.41) is 8.76. The van der Waals surface area contributed by atoms with Crippen LogP contribution in [0.4, 0.5) is 0 Å². The number of aromatic amines is 1. The summed E-state index contributed by atoms with van der Waals surface area (Å²) in [6, 6.07) is 3.12. The van der Waals surface area contributed by atoms with E-state index < -0.39 is 11.5 Å². The first-order valence-corrected chi connectivity index (χ1v) is 6.12. The van der Waals surface area contributed by atoms with Gasteiger partial charge in [-0.05, 0) is 24.5 Å². The van der Waals surface area contributed by atoms with E-state index in [0.29, 0.717) is 5.92 Å². The third-order valence-corrected chi connectivity index (χ3v) is 3.43. The van der Waals surface area contributed by atoms with Gasteiger partial charge in [0.2, 0.25) is 0 Å². The van der Waals surface area contributed by atoms with Crippen LogP contribution in [0.3, 0.4) is 0 Å². The van der Waals surface area contributed by atoms with Crippen LogP contribution in [0.15, 0.2) is 16.9 Å². The number of hydrogen-bond donors (Lipinski definition) is 2. The zero-order valence-electron chi connectivity index (χ0n) is 9.74. The molecule has 4 nitrogen and oxygen atoms in total. The second-order valence-corrected chi connectivity index (χ2v) is 4.74. The molecule has 2 rings (SSSR count). The van der Waals surface area contributed by atoms with E-state index in [0.717, 1.165) is 12.1 Å². The molecular weight excluding hydrogens is 218 g/mol. The van der Waals surface area contributed by atoms with E-state index in [1.165, 1.54) is 38.2 Å². The van der Waals surface area contributed by atoms with Gasteiger partial charge in [-0.1, -0.05) is 32.1 Å². The average molecular weight is 235 g/mol. The molecule has 1 aliphatic rings. The molecule has 17 heavy (non-hydrogen) atoms. The second kappa shape index (κ2) is 5.17. The molecule has 0 spiro atoms. The van der Waals surface area contributed by atoms with Crippen LogP contribution in [-0.4, -0.2) is 16.1 Å². The Morgan fingerprint density at radius 3 is 2.59 bits per heavy atom. The van der Waals surface area contributed by atoms with Gasteiger partial charge < -0.3 is 10.1 Å². The number of pyridine rings is 1. The van der Waals surface area contributed by atoms with Crippen molar-refractivity contribution in [2.24, 2.45) is 5.92 Å². The molecule has 1 saturated carbocycles. The van der Waals surface area contributed by atoms with Crippen LogP contribution in [0.5, 0.6) is 0 Å². The fourth-order valence-corrected chi connectivity index (χ4v) is 2.50. The summed E-state index contributed by atoms with van der Waals surface area (Å²) >= 11 is 0. The van der Waals surface area contributed by atoms with Gasteiger partial charge in [-0.15, -0.1) is 0 Å². The van der Waals surface area contributed by atoms with E-state index in [9.17, 15) is 9.59 Å². The molecule has 0 unspecified atom stereocenters. The summed E-state index contributed by atoms with van der Waals surface area (Å²) in [5.74, 6) is -0.537. The minimum Gasteiger partial charge on any atom is -0.477 e. The third kappa shape index (κ3) is 2.96. The fraction of sp³-hybridized carbons (Fsp3) is 0.538. The zero-order chi connectivity index (χ0) is 12.3. The molecule has 4 heteroatoms. The summed E-state index contributed by atoms with van der Waals surface area (Å²) in [7, 11) is 0. The van der Waals surface area contributed by atoms with Crippen molar-refractivity contribution in [3.63, 3.8) is 0 Å². The van der Waals surface area contributed by atoms with Gasteiger partial charge in [-0.2, -0.15) is 0 Å². The topological polar surface area (TPSA) is 70.2 Å². The second-order valence-electron chi connectivity index (χ2n) is 4.74. The number of hydrogen-bond acceptors (Lipinski definition) is 2. The Labute approximate surface area is 99.7 Å². The van der Waals surface area contributed by atoms with Crippen LogP contribution < -0.4 is 5.56 Å². The normalized spacial score (nSPS) is 16.9. The highest BCUT2D eigenvalue weighted by Crippen LogP contribution is 2.25. The van der Waals surface area contributed by atoms with Crippen LogP contribution in [-0.2, 0) is 6.42 Å². The molecule has 0 aromatic carbocycles. The lowest BCUT2D eigenvalue weighted by atomic mass is 9.86. The molecular formula is C13H17NO3. The van der Waals surface area contributed by atoms with E-state index in [2.05, 4.69) is 4.98 Å². The van der Waals surface area contributed by atoms with E-state index in [1.807, 2.05) is 0 Å². The van der Waals surface area contributed by atoms with Crippen LogP contribution in [0.25, 0.3) is 0 Å². The SMILES string of the molecule is O=C(O)c1ccc(CC2CCCCC2)[nH]c1=O. The van der Waals surface area contributed by atoms with Crippen molar-refractivity contribution in [1.29, 1.82) is 0 Å². The number of aromatic carboxylic acids is 1. The molecule has 0 atom stereocenters. The Balaban J connectivity index is 2.09. The van der Waals surface area contributed by atoms with Crippen molar-refractivity contribution in [3.05, 3.63) is 33.7 Å². The lowest BCUT2D eigenvalue weighted by molar-refractivity contribution is 0.0695. The number of carbonyl (C=O) groups is 1. The predicted molar refractivity (Wildman–Crippen MR) is 64.3 cm³/mol. The largest absolute Gasteiger partial charge is 0.477 e. The zero-order valence-corrected chi connectivity index (χ0v) is 9.74. The highest BCUT2D eigenvalue weighted by atomic mass is 16.4. The predicted octanol–water partition coefficient (Wildman–Crippen LogP) is 2.20. The van der Waals surface area contributed by atoms with E-state index >= 15 is 0 Å². The number of carboxylic acid groups (broad SMARTS) is 1. The van der Waals surface area contributed by atoms with Crippen molar-refractivity contribution in [1.82, 2.24) is 4.98 Å². The molecule has 0 saturated heterocycles. The number of H-pyrrole nitrogens is 1. The fourth-order valence-electron chi connectivity index (χ4n) is 2.50. The molecule has 1 aromatic rings. The van der Waals surface area contributed by atoms with E-state index in [-0.39, 0.29) is 5.56 Å². The van der Waals surface area contributed by atoms with Gasteiger partial charge in [0, 0.05) is 5.69 Å². The van der Waals surface area contributed by atoms with Gasteiger partial charge in [-0.3, -0.25) is 4.79 Å². The quantitative estimate of drug-likeness (QED) is 0.843. The number of carboxylic acids is 1. The number of nitrogens with one attached hydrogen (secondary N) is 1. The van der Waals surface area contributed by atoms with Gasteiger partial charge in [0.15, 0.2) is 0 Å². The summed E-state index contributed by atoms with van der Waals surface area (Å²) in [5.41, 5.74) is 0.176. The Morgan fingerprint density at radius 2 is 2.00 bits per heavy atom. The highest BCUT2D eigenvalue weighted by Gasteiger charge is 2.15. The average Bonchev–Trinajstić information content (AvgIpc) is 2.30. The Bertz CT molecular complexity index is 458. The first kappa shape index (κ1) is 11.9. The van der Waals surface area contributed by atoms with Crippen molar-refractivity contribution in [2.45, 2.75) is 38.5 Å². The van der Waals surface area contributed by atoms with Crippen molar-refractivity contribution in [3.8, 4) is 0 Å². The minimum atomic E-state index is -1.17. The Hall–Kier alpha value is -1.58. The molecule has 0 amide bonds. The van der Waals surface area contributed by atoms with E-state index in [4.69, 9.17) is 5.11 Å². The van der Waals surface area contributed by atoms with Gasteiger partial charge in [0.1, 0.15) is 5.56 Å². The molecule has 1 aliphatic carbocycles. The maximum atomic E-state index is 11.5. The lowest BCUT2D eigenvalue weighted by Gasteiger charge is -2.21. The van der Waals surface area contributed by atoms with Gasteiger partial charge in [0.25, 0.3) is 5.56 Å². The maximum Gasteiger partial charge on any atom is 0.341 e. The molecule has 1 heterocycles. The van der Waals surface area contributed by atoms with E-state index in [1.54, 1.807) is 6.07 Å². The summed E-state index contributed by atoms with van der Waals surface area (Å²) < 4.78 is 0. The third-order valence-electron chi connectivity index (χ3n) is 3.43. The van der Waals surface area contributed by atoms with Crippen molar-refractivity contribution >= 4 is 5.97 Å².